The zero-order valence-corrected chi connectivity index (χ0v) is 9.03. The number of likely N-dealkylation sites (N-methyl/N-ethyl adjacent to an activating group) is 1. The van der Waals surface area contributed by atoms with Crippen LogP contribution >= 0.6 is 0 Å². The van der Waals surface area contributed by atoms with Crippen LogP contribution in [0.4, 0.5) is 0 Å². The molecule has 2 atom stereocenters. The van der Waals surface area contributed by atoms with Gasteiger partial charge >= 0.3 is 0 Å². The molecule has 0 aromatic carbocycles. The van der Waals surface area contributed by atoms with Crippen molar-refractivity contribution in [2.45, 2.75) is 37.6 Å². The number of aromatic nitrogens is 2. The van der Waals surface area contributed by atoms with Crippen LogP contribution in [0.2, 0.25) is 0 Å². The topological polar surface area (TPSA) is 29.9 Å². The molecule has 1 aliphatic carbocycles. The predicted molar refractivity (Wildman–Crippen MR) is 57.3 cm³/mol. The third kappa shape index (κ3) is 1.69. The lowest BCUT2D eigenvalue weighted by atomic mass is 9.82. The highest BCUT2D eigenvalue weighted by molar-refractivity contribution is 5.10. The summed E-state index contributed by atoms with van der Waals surface area (Å²) in [7, 11) is 4.16. The first-order chi connectivity index (χ1) is 6.83. The number of aryl methyl sites for hydroxylation is 1. The SMILES string of the molecule is CNC1CCCCC1c1cncn1C. The monoisotopic (exact) mass is 193 g/mol. The van der Waals surface area contributed by atoms with Crippen molar-refractivity contribution in [1.82, 2.24) is 14.9 Å². The van der Waals surface area contributed by atoms with E-state index < -0.39 is 0 Å². The van der Waals surface area contributed by atoms with E-state index in [1.54, 1.807) is 0 Å². The van der Waals surface area contributed by atoms with Crippen molar-refractivity contribution < 1.29 is 0 Å². The van der Waals surface area contributed by atoms with Gasteiger partial charge < -0.3 is 9.88 Å². The molecule has 1 fully saturated rings. The molecule has 1 aliphatic rings. The normalized spacial score (nSPS) is 27.9. The van der Waals surface area contributed by atoms with Gasteiger partial charge in [0.2, 0.25) is 0 Å². The van der Waals surface area contributed by atoms with Crippen molar-refractivity contribution in [1.29, 1.82) is 0 Å². The predicted octanol–water partition coefficient (Wildman–Crippen LogP) is 1.67. The van der Waals surface area contributed by atoms with Crippen molar-refractivity contribution in [3.05, 3.63) is 18.2 Å². The molecule has 0 spiro atoms. The van der Waals surface area contributed by atoms with Gasteiger partial charge in [-0.3, -0.25) is 0 Å². The fraction of sp³-hybridized carbons (Fsp3) is 0.727. The highest BCUT2D eigenvalue weighted by atomic mass is 15.0. The Morgan fingerprint density at radius 2 is 2.21 bits per heavy atom. The number of rotatable bonds is 2. The molecule has 1 heterocycles. The minimum atomic E-state index is 0.638. The van der Waals surface area contributed by atoms with Gasteiger partial charge in [-0.1, -0.05) is 12.8 Å². The number of nitrogens with zero attached hydrogens (tertiary/aromatic N) is 2. The summed E-state index contributed by atoms with van der Waals surface area (Å²) >= 11 is 0. The first-order valence-corrected chi connectivity index (χ1v) is 5.46. The van der Waals surface area contributed by atoms with Gasteiger partial charge in [0.1, 0.15) is 0 Å². The molecule has 3 nitrogen and oxygen atoms in total. The molecule has 78 valence electrons. The Morgan fingerprint density at radius 1 is 1.43 bits per heavy atom. The average Bonchev–Trinajstić information content (AvgIpc) is 2.64. The molecular formula is C11H19N3. The number of imidazole rings is 1. The van der Waals surface area contributed by atoms with Crippen molar-refractivity contribution in [2.75, 3.05) is 7.05 Å². The maximum atomic E-state index is 4.20. The van der Waals surface area contributed by atoms with Crippen LogP contribution in [0, 0.1) is 0 Å². The summed E-state index contributed by atoms with van der Waals surface area (Å²) in [5.41, 5.74) is 1.38. The van der Waals surface area contributed by atoms with E-state index in [9.17, 15) is 0 Å². The van der Waals surface area contributed by atoms with E-state index >= 15 is 0 Å². The Morgan fingerprint density at radius 3 is 2.86 bits per heavy atom. The molecule has 14 heavy (non-hydrogen) atoms. The highest BCUT2D eigenvalue weighted by Crippen LogP contribution is 2.32. The lowest BCUT2D eigenvalue weighted by molar-refractivity contribution is 0.335. The van der Waals surface area contributed by atoms with Crippen LogP contribution in [-0.2, 0) is 7.05 Å². The molecule has 1 saturated carbocycles. The van der Waals surface area contributed by atoms with Crippen LogP contribution < -0.4 is 5.32 Å². The molecule has 0 saturated heterocycles. The van der Waals surface area contributed by atoms with Crippen LogP contribution in [0.1, 0.15) is 37.3 Å². The van der Waals surface area contributed by atoms with Crippen LogP contribution in [0.5, 0.6) is 0 Å². The molecule has 0 amide bonds. The van der Waals surface area contributed by atoms with E-state index in [0.717, 1.165) is 0 Å². The van der Waals surface area contributed by atoms with Gasteiger partial charge in [-0.25, -0.2) is 4.98 Å². The minimum Gasteiger partial charge on any atom is -0.337 e. The molecule has 0 bridgehead atoms. The summed E-state index contributed by atoms with van der Waals surface area (Å²) in [6.45, 7) is 0. The quantitative estimate of drug-likeness (QED) is 0.774. The summed E-state index contributed by atoms with van der Waals surface area (Å²) in [5, 5.41) is 3.43. The van der Waals surface area contributed by atoms with E-state index in [4.69, 9.17) is 0 Å². The Bertz CT molecular complexity index is 292. The summed E-state index contributed by atoms with van der Waals surface area (Å²) < 4.78 is 2.15. The van der Waals surface area contributed by atoms with Gasteiger partial charge in [-0.15, -0.1) is 0 Å². The fourth-order valence-corrected chi connectivity index (χ4v) is 2.56. The second-order valence-corrected chi connectivity index (χ2v) is 4.22. The number of hydrogen-bond acceptors (Lipinski definition) is 2. The second-order valence-electron chi connectivity index (χ2n) is 4.22. The molecule has 1 N–H and O–H groups in total. The Labute approximate surface area is 85.5 Å². The smallest absolute Gasteiger partial charge is 0.0945 e. The van der Waals surface area contributed by atoms with Gasteiger partial charge in [-0.2, -0.15) is 0 Å². The fourth-order valence-electron chi connectivity index (χ4n) is 2.56. The lowest BCUT2D eigenvalue weighted by Crippen LogP contribution is -2.35. The first kappa shape index (κ1) is 9.71. The summed E-state index contributed by atoms with van der Waals surface area (Å²) in [6.07, 6.45) is 9.22. The molecule has 1 aromatic heterocycles. The zero-order chi connectivity index (χ0) is 9.97. The maximum absolute atomic E-state index is 4.20. The van der Waals surface area contributed by atoms with Crippen molar-refractivity contribution in [3.63, 3.8) is 0 Å². The van der Waals surface area contributed by atoms with Crippen molar-refractivity contribution in [2.24, 2.45) is 7.05 Å². The van der Waals surface area contributed by atoms with Crippen LogP contribution in [-0.4, -0.2) is 22.6 Å². The van der Waals surface area contributed by atoms with Gasteiger partial charge in [0.15, 0.2) is 0 Å². The van der Waals surface area contributed by atoms with E-state index in [1.807, 2.05) is 12.5 Å². The summed E-state index contributed by atoms with van der Waals surface area (Å²) in [4.78, 5) is 4.20. The van der Waals surface area contributed by atoms with Crippen LogP contribution in [0.25, 0.3) is 0 Å². The van der Waals surface area contributed by atoms with Crippen LogP contribution in [0.3, 0.4) is 0 Å². The first-order valence-electron chi connectivity index (χ1n) is 5.46. The van der Waals surface area contributed by atoms with Crippen molar-refractivity contribution in [3.8, 4) is 0 Å². The van der Waals surface area contributed by atoms with Gasteiger partial charge in [0, 0.05) is 30.9 Å². The molecule has 3 heteroatoms. The summed E-state index contributed by atoms with van der Waals surface area (Å²) in [5.74, 6) is 0.654. The largest absolute Gasteiger partial charge is 0.337 e. The molecule has 2 rings (SSSR count). The number of hydrogen-bond donors (Lipinski definition) is 1. The average molecular weight is 193 g/mol. The van der Waals surface area contributed by atoms with Gasteiger partial charge in [0.25, 0.3) is 0 Å². The molecule has 0 aliphatic heterocycles. The van der Waals surface area contributed by atoms with Gasteiger partial charge in [0.05, 0.1) is 6.33 Å². The zero-order valence-electron chi connectivity index (χ0n) is 9.03. The molecule has 0 radical (unpaired) electrons. The Balaban J connectivity index is 2.19. The third-order valence-electron chi connectivity index (χ3n) is 3.37. The van der Waals surface area contributed by atoms with E-state index in [-0.39, 0.29) is 0 Å². The third-order valence-corrected chi connectivity index (χ3v) is 3.37. The van der Waals surface area contributed by atoms with Gasteiger partial charge in [-0.05, 0) is 19.9 Å². The minimum absolute atomic E-state index is 0.638. The maximum Gasteiger partial charge on any atom is 0.0945 e. The molecular weight excluding hydrogens is 174 g/mol. The van der Waals surface area contributed by atoms with E-state index in [0.29, 0.717) is 12.0 Å². The standard InChI is InChI=1S/C11H19N3/c1-12-10-6-4-3-5-9(10)11-7-13-8-14(11)2/h7-10,12H,3-6H2,1-2H3. The Kier molecular flexibility index (Phi) is 2.87. The van der Waals surface area contributed by atoms with E-state index in [1.165, 1.54) is 31.4 Å². The summed E-state index contributed by atoms with van der Waals surface area (Å²) in [6, 6.07) is 0.638. The lowest BCUT2D eigenvalue weighted by Gasteiger charge is -2.31. The van der Waals surface area contributed by atoms with Crippen molar-refractivity contribution >= 4 is 0 Å². The van der Waals surface area contributed by atoms with E-state index in [2.05, 4.69) is 29.0 Å². The molecule has 1 aromatic rings. The Hall–Kier alpha value is -0.830. The highest BCUT2D eigenvalue weighted by Gasteiger charge is 2.26. The molecule has 2 unspecified atom stereocenters. The number of nitrogens with one attached hydrogen (secondary N) is 1. The van der Waals surface area contributed by atoms with Crippen LogP contribution in [0.15, 0.2) is 12.5 Å². The second kappa shape index (κ2) is 4.13.